The Hall–Kier alpha value is -1.02. The highest BCUT2D eigenvalue weighted by Gasteiger charge is 2.32. The fourth-order valence-electron chi connectivity index (χ4n) is 1.37. The molecule has 0 bridgehead atoms. The van der Waals surface area contributed by atoms with Crippen LogP contribution in [0.15, 0.2) is 11.4 Å². The number of thioether (sulfide) groups is 1. The van der Waals surface area contributed by atoms with E-state index >= 15 is 0 Å². The van der Waals surface area contributed by atoms with Gasteiger partial charge < -0.3 is 9.67 Å². The number of nitrogens with zero attached hydrogens (tertiary/aromatic N) is 2. The van der Waals surface area contributed by atoms with E-state index in [9.17, 15) is 13.2 Å². The summed E-state index contributed by atoms with van der Waals surface area (Å²) < 4.78 is 24.3. The Bertz CT molecular complexity index is 576. The summed E-state index contributed by atoms with van der Waals surface area (Å²) in [6.07, 6.45) is 2.81. The van der Waals surface area contributed by atoms with Crippen LogP contribution in [0.25, 0.3) is 0 Å². The number of aliphatic carboxylic acids is 1. The Morgan fingerprint density at radius 3 is 2.58 bits per heavy atom. The van der Waals surface area contributed by atoms with E-state index in [0.717, 1.165) is 17.5 Å². The van der Waals surface area contributed by atoms with Gasteiger partial charge in [-0.05, 0) is 20.8 Å². The van der Waals surface area contributed by atoms with Gasteiger partial charge in [-0.3, -0.25) is 4.79 Å². The third kappa shape index (κ3) is 3.97. The lowest BCUT2D eigenvalue weighted by atomic mass is 10.2. The largest absolute Gasteiger partial charge is 0.481 e. The van der Waals surface area contributed by atoms with Crippen LogP contribution < -0.4 is 0 Å². The lowest BCUT2D eigenvalue weighted by Crippen LogP contribution is -2.36. The lowest BCUT2D eigenvalue weighted by Gasteiger charge is -2.24. The second kappa shape index (κ2) is 5.54. The van der Waals surface area contributed by atoms with E-state index in [1.165, 1.54) is 6.26 Å². The minimum Gasteiger partial charge on any atom is -0.481 e. The van der Waals surface area contributed by atoms with Crippen LogP contribution in [0.5, 0.6) is 0 Å². The molecule has 1 heterocycles. The van der Waals surface area contributed by atoms with Crippen molar-refractivity contribution in [3.8, 4) is 0 Å². The highest BCUT2D eigenvalue weighted by molar-refractivity contribution is 7.99. The van der Waals surface area contributed by atoms with Gasteiger partial charge in [0.25, 0.3) is 0 Å². The minimum absolute atomic E-state index is 0.101. The second-order valence-electron chi connectivity index (χ2n) is 4.98. The Morgan fingerprint density at radius 1 is 1.53 bits per heavy atom. The van der Waals surface area contributed by atoms with Gasteiger partial charge in [-0.1, -0.05) is 11.8 Å². The molecule has 0 spiro atoms. The summed E-state index contributed by atoms with van der Waals surface area (Å²) in [7, 11) is -3.22. The number of rotatable bonds is 6. The van der Waals surface area contributed by atoms with Crippen molar-refractivity contribution in [2.45, 2.75) is 37.2 Å². The minimum atomic E-state index is -3.22. The van der Waals surface area contributed by atoms with Crippen LogP contribution in [-0.4, -0.2) is 45.8 Å². The normalized spacial score (nSPS) is 12.6. The van der Waals surface area contributed by atoms with E-state index in [-0.39, 0.29) is 12.3 Å². The summed E-state index contributed by atoms with van der Waals surface area (Å²) in [4.78, 5) is 14.7. The van der Waals surface area contributed by atoms with Crippen LogP contribution in [0.3, 0.4) is 0 Å². The highest BCUT2D eigenvalue weighted by atomic mass is 32.2. The summed E-state index contributed by atoms with van der Waals surface area (Å²) in [5, 5.41) is 9.21. The van der Waals surface area contributed by atoms with Crippen LogP contribution >= 0.6 is 11.8 Å². The number of imidazole rings is 1. The lowest BCUT2D eigenvalue weighted by molar-refractivity contribution is -0.133. The predicted molar refractivity (Wildman–Crippen MR) is 74.2 cm³/mol. The zero-order valence-electron chi connectivity index (χ0n) is 11.4. The van der Waals surface area contributed by atoms with E-state index in [1.54, 1.807) is 24.6 Å². The predicted octanol–water partition coefficient (Wildman–Crippen LogP) is 1.19. The van der Waals surface area contributed by atoms with E-state index in [0.29, 0.717) is 5.16 Å². The van der Waals surface area contributed by atoms with Crippen LogP contribution in [0.2, 0.25) is 0 Å². The molecule has 1 rings (SSSR count). The first-order chi connectivity index (χ1) is 8.54. The molecule has 0 aliphatic carbocycles. The maximum atomic E-state index is 11.7. The molecule has 0 saturated heterocycles. The van der Waals surface area contributed by atoms with Gasteiger partial charge in [0.2, 0.25) is 0 Å². The van der Waals surface area contributed by atoms with Gasteiger partial charge >= 0.3 is 5.97 Å². The number of aromatic nitrogens is 2. The molecule has 0 unspecified atom stereocenters. The molecule has 0 aliphatic rings. The quantitative estimate of drug-likeness (QED) is 0.794. The first-order valence-corrected chi connectivity index (χ1v) is 8.48. The van der Waals surface area contributed by atoms with Gasteiger partial charge in [-0.15, -0.1) is 0 Å². The van der Waals surface area contributed by atoms with Gasteiger partial charge in [-0.25, -0.2) is 13.4 Å². The van der Waals surface area contributed by atoms with Crippen molar-refractivity contribution in [2.24, 2.45) is 0 Å². The molecule has 8 heteroatoms. The molecule has 1 aromatic rings. The first kappa shape index (κ1) is 16.0. The van der Waals surface area contributed by atoms with Crippen LogP contribution in [0.4, 0.5) is 0 Å². The summed E-state index contributed by atoms with van der Waals surface area (Å²) in [6.45, 7) is 5.36. The Labute approximate surface area is 117 Å². The number of carboxylic acid groups (broad SMARTS) is 1. The van der Waals surface area contributed by atoms with Crippen molar-refractivity contribution >= 4 is 27.6 Å². The number of carboxylic acids is 1. The van der Waals surface area contributed by atoms with Crippen LogP contribution in [-0.2, 0) is 21.2 Å². The molecule has 0 atom stereocenters. The first-order valence-electron chi connectivity index (χ1n) is 5.61. The summed E-state index contributed by atoms with van der Waals surface area (Å²) in [5.41, 5.74) is 0.810. The molecule has 0 aromatic carbocycles. The Kier molecular flexibility index (Phi) is 4.67. The molecule has 1 aromatic heterocycles. The highest BCUT2D eigenvalue weighted by Crippen LogP contribution is 2.24. The summed E-state index contributed by atoms with van der Waals surface area (Å²) in [6, 6.07) is 0. The SMILES string of the molecule is Cc1cnc(SCC(=O)O)n1CC(C)(C)S(C)(=O)=O. The number of aryl methyl sites for hydroxylation is 1. The second-order valence-corrected chi connectivity index (χ2v) is 8.57. The molecule has 0 radical (unpaired) electrons. The number of hydrogen-bond donors (Lipinski definition) is 1. The van der Waals surface area contributed by atoms with E-state index < -0.39 is 20.6 Å². The molecule has 6 nitrogen and oxygen atoms in total. The monoisotopic (exact) mass is 306 g/mol. The van der Waals surface area contributed by atoms with Crippen molar-refractivity contribution in [2.75, 3.05) is 12.0 Å². The maximum Gasteiger partial charge on any atom is 0.313 e. The van der Waals surface area contributed by atoms with Crippen molar-refractivity contribution in [3.63, 3.8) is 0 Å². The molecule has 1 N–H and O–H groups in total. The van der Waals surface area contributed by atoms with E-state index in [2.05, 4.69) is 4.98 Å². The fourth-order valence-corrected chi connectivity index (χ4v) is 2.48. The molecule has 0 amide bonds. The fraction of sp³-hybridized carbons (Fsp3) is 0.636. The topological polar surface area (TPSA) is 89.3 Å². The van der Waals surface area contributed by atoms with Crippen molar-refractivity contribution in [3.05, 3.63) is 11.9 Å². The van der Waals surface area contributed by atoms with Crippen LogP contribution in [0.1, 0.15) is 19.5 Å². The molecule has 108 valence electrons. The van der Waals surface area contributed by atoms with Gasteiger partial charge in [0.15, 0.2) is 15.0 Å². The van der Waals surface area contributed by atoms with Gasteiger partial charge in [0, 0.05) is 24.7 Å². The summed E-state index contributed by atoms with van der Waals surface area (Å²) >= 11 is 1.08. The Balaban J connectivity index is 3.01. The maximum absolute atomic E-state index is 11.7. The average molecular weight is 306 g/mol. The van der Waals surface area contributed by atoms with E-state index in [4.69, 9.17) is 5.11 Å². The zero-order chi connectivity index (χ0) is 14.8. The average Bonchev–Trinajstić information content (AvgIpc) is 2.55. The number of carbonyl (C=O) groups is 1. The third-order valence-electron chi connectivity index (χ3n) is 2.89. The molecular weight excluding hydrogens is 288 g/mol. The molecule has 19 heavy (non-hydrogen) atoms. The molecular formula is C11H18N2O4S2. The van der Waals surface area contributed by atoms with Crippen molar-refractivity contribution in [1.29, 1.82) is 0 Å². The van der Waals surface area contributed by atoms with Crippen molar-refractivity contribution < 1.29 is 18.3 Å². The zero-order valence-corrected chi connectivity index (χ0v) is 13.0. The number of hydrogen-bond acceptors (Lipinski definition) is 5. The van der Waals surface area contributed by atoms with Crippen LogP contribution in [0, 0.1) is 6.92 Å². The molecule has 0 aliphatic heterocycles. The van der Waals surface area contributed by atoms with Gasteiger partial charge in [-0.2, -0.15) is 0 Å². The standard InChI is InChI=1S/C11H18N2O4S2/c1-8-5-12-10(18-6-9(14)15)13(8)7-11(2,3)19(4,16)17/h5H,6-7H2,1-4H3,(H,14,15). The van der Waals surface area contributed by atoms with Gasteiger partial charge in [0.1, 0.15) is 0 Å². The van der Waals surface area contributed by atoms with E-state index in [1.807, 2.05) is 6.92 Å². The summed E-state index contributed by atoms with van der Waals surface area (Å²) in [5.74, 6) is -1.03. The van der Waals surface area contributed by atoms with Gasteiger partial charge in [0.05, 0.1) is 10.5 Å². The molecule has 0 fully saturated rings. The molecule has 0 saturated carbocycles. The van der Waals surface area contributed by atoms with Crippen molar-refractivity contribution in [1.82, 2.24) is 9.55 Å². The third-order valence-corrected chi connectivity index (χ3v) is 6.00. The number of sulfone groups is 1. The smallest absolute Gasteiger partial charge is 0.313 e. The Morgan fingerprint density at radius 2 is 2.11 bits per heavy atom.